The molecule has 35 heavy (non-hydrogen) atoms. The first-order valence-electron chi connectivity index (χ1n) is 11.8. The van der Waals surface area contributed by atoms with Crippen molar-refractivity contribution in [3.05, 3.63) is 61.7 Å². The van der Waals surface area contributed by atoms with Gasteiger partial charge in [0.2, 0.25) is 0 Å². The highest BCUT2D eigenvalue weighted by Gasteiger charge is 2.43. The minimum atomic E-state index is -1.57. The molecular formula is C26H27FN2O6. The second-order valence-corrected chi connectivity index (χ2v) is 9.13. The van der Waals surface area contributed by atoms with Crippen molar-refractivity contribution in [1.29, 1.82) is 0 Å². The Morgan fingerprint density at radius 2 is 1.89 bits per heavy atom. The average molecular weight is 483 g/mol. The van der Waals surface area contributed by atoms with Crippen molar-refractivity contribution in [2.75, 3.05) is 13.2 Å². The summed E-state index contributed by atoms with van der Waals surface area (Å²) >= 11 is 0. The number of nitrogens with zero attached hydrogens (tertiary/aromatic N) is 2. The van der Waals surface area contributed by atoms with Gasteiger partial charge < -0.3 is 24.6 Å². The number of halogens is 1. The molecule has 0 radical (unpaired) electrons. The van der Waals surface area contributed by atoms with E-state index in [1.807, 2.05) is 13.8 Å². The van der Waals surface area contributed by atoms with Crippen molar-refractivity contribution in [3.8, 4) is 11.4 Å². The van der Waals surface area contributed by atoms with Gasteiger partial charge in [0, 0.05) is 28.0 Å². The predicted molar refractivity (Wildman–Crippen MR) is 126 cm³/mol. The first kappa shape index (κ1) is 23.6. The number of aliphatic hydroxyl groups is 3. The highest BCUT2D eigenvalue weighted by Crippen LogP contribution is 2.48. The molecule has 0 spiro atoms. The summed E-state index contributed by atoms with van der Waals surface area (Å²) in [5.74, 6) is -1.22. The Hall–Kier alpha value is -3.14. The van der Waals surface area contributed by atoms with E-state index in [2.05, 4.69) is 0 Å². The molecule has 2 aliphatic heterocycles. The number of rotatable bonds is 2. The van der Waals surface area contributed by atoms with E-state index in [4.69, 9.17) is 9.72 Å². The number of ether oxygens (including phenoxy) is 1. The lowest BCUT2D eigenvalue weighted by atomic mass is 9.68. The minimum Gasteiger partial charge on any atom is -0.458 e. The summed E-state index contributed by atoms with van der Waals surface area (Å²) in [7, 11) is 0. The van der Waals surface area contributed by atoms with Crippen molar-refractivity contribution in [2.45, 2.75) is 58.3 Å². The van der Waals surface area contributed by atoms with E-state index in [9.17, 15) is 29.3 Å². The normalized spacial score (nSPS) is 18.8. The first-order chi connectivity index (χ1) is 16.8. The number of aryl methyl sites for hydroxylation is 1. The van der Waals surface area contributed by atoms with Crippen molar-refractivity contribution in [1.82, 2.24) is 9.55 Å². The van der Waals surface area contributed by atoms with Crippen LogP contribution in [0.15, 0.2) is 16.9 Å². The SMILES string of the molecule is CC.Cc1c(F)cc2nc3c(c4c2c1CCC4(CO)CO)Cn1c-3cc2c(c1=O)COC(=O)[C@H]2O. The number of carbonyl (C=O) groups is 1. The van der Waals surface area contributed by atoms with Gasteiger partial charge in [-0.05, 0) is 42.5 Å². The zero-order valence-corrected chi connectivity index (χ0v) is 19.8. The van der Waals surface area contributed by atoms with Gasteiger partial charge in [-0.25, -0.2) is 14.2 Å². The highest BCUT2D eigenvalue weighted by atomic mass is 19.1. The second kappa shape index (κ2) is 8.22. The molecule has 0 saturated carbocycles. The quantitative estimate of drug-likeness (QED) is 0.374. The number of benzene rings is 1. The molecule has 1 aromatic carbocycles. The zero-order chi connectivity index (χ0) is 25.2. The lowest BCUT2D eigenvalue weighted by molar-refractivity contribution is -0.157. The second-order valence-electron chi connectivity index (χ2n) is 9.13. The summed E-state index contributed by atoms with van der Waals surface area (Å²) in [6.07, 6.45) is -0.663. The first-order valence-corrected chi connectivity index (χ1v) is 11.8. The molecule has 3 aromatic rings. The summed E-state index contributed by atoms with van der Waals surface area (Å²) < 4.78 is 21.2. The number of pyridine rings is 2. The third-order valence-corrected chi connectivity index (χ3v) is 7.56. The maximum absolute atomic E-state index is 14.8. The molecule has 0 fully saturated rings. The maximum Gasteiger partial charge on any atom is 0.340 e. The zero-order valence-electron chi connectivity index (χ0n) is 19.8. The molecule has 3 aliphatic rings. The van der Waals surface area contributed by atoms with Gasteiger partial charge in [0.25, 0.3) is 5.56 Å². The number of fused-ring (bicyclic) bond motifs is 5. The number of carbonyl (C=O) groups excluding carboxylic acids is 1. The summed E-state index contributed by atoms with van der Waals surface area (Å²) in [6.45, 7) is 5.00. The minimum absolute atomic E-state index is 0.150. The third-order valence-electron chi connectivity index (χ3n) is 7.56. The summed E-state index contributed by atoms with van der Waals surface area (Å²) in [5, 5.41) is 31.8. The molecule has 184 valence electrons. The van der Waals surface area contributed by atoms with Gasteiger partial charge in [-0.2, -0.15) is 0 Å². The number of hydrogen-bond donors (Lipinski definition) is 3. The van der Waals surface area contributed by atoms with Crippen LogP contribution in [-0.4, -0.2) is 44.1 Å². The summed E-state index contributed by atoms with van der Waals surface area (Å²) in [4.78, 5) is 29.9. The van der Waals surface area contributed by atoms with Crippen LogP contribution in [-0.2, 0) is 34.5 Å². The molecule has 3 N–H and O–H groups in total. The van der Waals surface area contributed by atoms with Gasteiger partial charge >= 0.3 is 5.97 Å². The largest absolute Gasteiger partial charge is 0.458 e. The van der Waals surface area contributed by atoms with Crippen LogP contribution < -0.4 is 5.56 Å². The van der Waals surface area contributed by atoms with Gasteiger partial charge in [-0.3, -0.25) is 4.79 Å². The molecular weight excluding hydrogens is 455 g/mol. The van der Waals surface area contributed by atoms with Crippen LogP contribution in [0.3, 0.4) is 0 Å². The molecule has 6 rings (SSSR count). The summed E-state index contributed by atoms with van der Waals surface area (Å²) in [6, 6.07) is 2.90. The van der Waals surface area contributed by atoms with Crippen molar-refractivity contribution in [2.24, 2.45) is 0 Å². The molecule has 9 heteroatoms. The predicted octanol–water partition coefficient (Wildman–Crippen LogP) is 2.16. The van der Waals surface area contributed by atoms with Crippen LogP contribution in [0.5, 0.6) is 0 Å². The fraction of sp³-hybridized carbons (Fsp3) is 0.423. The molecule has 1 atom stereocenters. The Bertz CT molecular complexity index is 1460. The Kier molecular flexibility index (Phi) is 5.54. The average Bonchev–Trinajstić information content (AvgIpc) is 3.24. The fourth-order valence-electron chi connectivity index (χ4n) is 5.69. The molecule has 0 bridgehead atoms. The van der Waals surface area contributed by atoms with Crippen LogP contribution in [0.25, 0.3) is 22.3 Å². The van der Waals surface area contributed by atoms with Gasteiger partial charge in [-0.15, -0.1) is 0 Å². The third kappa shape index (κ3) is 3.05. The number of aliphatic hydroxyl groups excluding tert-OH is 3. The Morgan fingerprint density at radius 1 is 1.17 bits per heavy atom. The highest BCUT2D eigenvalue weighted by molar-refractivity contribution is 5.93. The Balaban J connectivity index is 0.00000124. The smallest absolute Gasteiger partial charge is 0.340 e. The number of hydrogen-bond acceptors (Lipinski definition) is 7. The molecule has 0 unspecified atom stereocenters. The van der Waals surface area contributed by atoms with Crippen LogP contribution in [0, 0.1) is 12.7 Å². The monoisotopic (exact) mass is 482 g/mol. The van der Waals surface area contributed by atoms with Crippen LogP contribution in [0.2, 0.25) is 0 Å². The van der Waals surface area contributed by atoms with Gasteiger partial charge in [0.1, 0.15) is 12.4 Å². The molecule has 2 aromatic heterocycles. The van der Waals surface area contributed by atoms with E-state index < -0.39 is 28.9 Å². The Labute approximate surface area is 200 Å². The summed E-state index contributed by atoms with van der Waals surface area (Å²) in [5.41, 5.74) is 2.89. The van der Waals surface area contributed by atoms with E-state index in [0.29, 0.717) is 51.8 Å². The van der Waals surface area contributed by atoms with Crippen molar-refractivity contribution < 1.29 is 29.2 Å². The van der Waals surface area contributed by atoms with Crippen LogP contribution in [0.4, 0.5) is 4.39 Å². The topological polar surface area (TPSA) is 122 Å². The van der Waals surface area contributed by atoms with Gasteiger partial charge in [-0.1, -0.05) is 13.8 Å². The standard InChI is InChI=1S/C24H21FN2O6.C2H6/c1-10-11-2-3-24(8-28,9-29)19-13-6-27-17(20(13)26-16(18(11)19)5-15(10)25)4-12-14(22(27)31)7-33-23(32)21(12)30;1-2/h4-5,21,28-30H,2-3,6-9H2,1H3;1-2H3/t21-;/m0./s1. The van der Waals surface area contributed by atoms with E-state index in [0.717, 1.165) is 5.56 Å². The molecule has 8 nitrogen and oxygen atoms in total. The van der Waals surface area contributed by atoms with Gasteiger partial charge in [0.05, 0.1) is 42.2 Å². The van der Waals surface area contributed by atoms with E-state index >= 15 is 0 Å². The number of cyclic esters (lactones) is 1. The lowest BCUT2D eigenvalue weighted by Crippen LogP contribution is -2.39. The Morgan fingerprint density at radius 3 is 2.57 bits per heavy atom. The molecule has 0 amide bonds. The van der Waals surface area contributed by atoms with Crippen LogP contribution >= 0.6 is 0 Å². The van der Waals surface area contributed by atoms with Crippen molar-refractivity contribution in [3.63, 3.8) is 0 Å². The van der Waals surface area contributed by atoms with Crippen LogP contribution in [0.1, 0.15) is 59.8 Å². The molecule has 4 heterocycles. The number of aromatic nitrogens is 2. The molecule has 1 aliphatic carbocycles. The number of esters is 1. The van der Waals surface area contributed by atoms with E-state index in [-0.39, 0.29) is 37.5 Å². The van der Waals surface area contributed by atoms with Gasteiger partial charge in [0.15, 0.2) is 6.10 Å². The molecule has 0 saturated heterocycles. The van der Waals surface area contributed by atoms with E-state index in [1.54, 1.807) is 13.0 Å². The maximum atomic E-state index is 14.8. The lowest BCUT2D eigenvalue weighted by Gasteiger charge is -2.38. The van der Waals surface area contributed by atoms with E-state index in [1.165, 1.54) is 10.6 Å². The fourth-order valence-corrected chi connectivity index (χ4v) is 5.69. The van der Waals surface area contributed by atoms with Crippen molar-refractivity contribution >= 4 is 16.9 Å².